The number of hydrogen-bond acceptors (Lipinski definition) is 4. The van der Waals surface area contributed by atoms with E-state index in [0.29, 0.717) is 6.07 Å². The number of aliphatic hydroxyl groups excluding tert-OH is 1. The van der Waals surface area contributed by atoms with Crippen molar-refractivity contribution in [2.75, 3.05) is 19.3 Å². The fourth-order valence-electron chi connectivity index (χ4n) is 1.94. The second kappa shape index (κ2) is 6.78. The molecular weight excluding hydrogens is 302 g/mol. The van der Waals surface area contributed by atoms with E-state index in [-0.39, 0.29) is 18.7 Å². The van der Waals surface area contributed by atoms with Gasteiger partial charge in [-0.2, -0.15) is 0 Å². The Morgan fingerprint density at radius 1 is 1.33 bits per heavy atom. The molecule has 1 rings (SSSR count). The quantitative estimate of drug-likeness (QED) is 0.697. The fraction of sp³-hybridized carbons (Fsp3) is 0.538. The highest BCUT2D eigenvalue weighted by molar-refractivity contribution is 7.88. The maximum absolute atomic E-state index is 13.5. The molecule has 1 atom stereocenters. The van der Waals surface area contributed by atoms with Gasteiger partial charge in [0, 0.05) is 30.3 Å². The molecule has 3 N–H and O–H groups in total. The zero-order valence-corrected chi connectivity index (χ0v) is 13.0. The van der Waals surface area contributed by atoms with Gasteiger partial charge in [0.15, 0.2) is 0 Å². The molecule has 0 aliphatic carbocycles. The first-order valence-corrected chi connectivity index (χ1v) is 8.22. The van der Waals surface area contributed by atoms with Crippen molar-refractivity contribution in [3.63, 3.8) is 0 Å². The van der Waals surface area contributed by atoms with Crippen molar-refractivity contribution in [2.45, 2.75) is 25.5 Å². The van der Waals surface area contributed by atoms with Gasteiger partial charge in [-0.25, -0.2) is 21.9 Å². The highest BCUT2D eigenvalue weighted by Crippen LogP contribution is 2.17. The standard InChI is InChI=1S/C13H20F2N2O3S/c1-13(2,17-21(3,19)20)8-16-7-12(18)10-5-4-9(14)6-11(10)15/h4-6,12,16-18H,7-8H2,1-3H3. The molecule has 120 valence electrons. The summed E-state index contributed by atoms with van der Waals surface area (Å²) in [6, 6.07) is 2.95. The number of nitrogens with one attached hydrogen (secondary N) is 2. The summed E-state index contributed by atoms with van der Waals surface area (Å²) in [5, 5.41) is 12.7. The lowest BCUT2D eigenvalue weighted by Crippen LogP contribution is -2.50. The van der Waals surface area contributed by atoms with Crippen LogP contribution in [0.4, 0.5) is 8.78 Å². The number of benzene rings is 1. The molecule has 0 amide bonds. The Bertz CT molecular complexity index is 591. The molecule has 5 nitrogen and oxygen atoms in total. The van der Waals surface area contributed by atoms with Crippen LogP contribution in [0.15, 0.2) is 18.2 Å². The van der Waals surface area contributed by atoms with E-state index in [4.69, 9.17) is 0 Å². The lowest BCUT2D eigenvalue weighted by molar-refractivity contribution is 0.167. The van der Waals surface area contributed by atoms with E-state index in [0.717, 1.165) is 12.3 Å². The van der Waals surface area contributed by atoms with Crippen molar-refractivity contribution >= 4 is 10.0 Å². The average molecular weight is 322 g/mol. The molecule has 8 heteroatoms. The van der Waals surface area contributed by atoms with Gasteiger partial charge in [0.1, 0.15) is 11.6 Å². The van der Waals surface area contributed by atoms with E-state index in [9.17, 15) is 22.3 Å². The molecule has 21 heavy (non-hydrogen) atoms. The summed E-state index contributed by atoms with van der Waals surface area (Å²) in [5.74, 6) is -1.53. The third kappa shape index (κ3) is 6.47. The summed E-state index contributed by atoms with van der Waals surface area (Å²) in [6.45, 7) is 3.59. The van der Waals surface area contributed by atoms with Crippen molar-refractivity contribution in [1.29, 1.82) is 0 Å². The number of aliphatic hydroxyl groups is 1. The Labute approximate surface area is 123 Å². The first-order chi connectivity index (χ1) is 9.50. The Morgan fingerprint density at radius 2 is 1.95 bits per heavy atom. The first kappa shape index (κ1) is 18.0. The summed E-state index contributed by atoms with van der Waals surface area (Å²) in [5.41, 5.74) is -0.771. The Morgan fingerprint density at radius 3 is 2.48 bits per heavy atom. The van der Waals surface area contributed by atoms with Crippen LogP contribution in [0.2, 0.25) is 0 Å². The van der Waals surface area contributed by atoms with E-state index in [1.54, 1.807) is 13.8 Å². The number of rotatable bonds is 7. The van der Waals surface area contributed by atoms with Gasteiger partial charge in [-0.15, -0.1) is 0 Å². The van der Waals surface area contributed by atoms with E-state index >= 15 is 0 Å². The summed E-state index contributed by atoms with van der Waals surface area (Å²) in [4.78, 5) is 0. The van der Waals surface area contributed by atoms with Crippen LogP contribution in [0.5, 0.6) is 0 Å². The second-order valence-corrected chi connectivity index (χ2v) is 7.32. The highest BCUT2D eigenvalue weighted by atomic mass is 32.2. The molecule has 0 spiro atoms. The minimum atomic E-state index is -3.35. The van der Waals surface area contributed by atoms with Crippen molar-refractivity contribution in [3.05, 3.63) is 35.4 Å². The molecule has 0 aliphatic heterocycles. The largest absolute Gasteiger partial charge is 0.387 e. The molecule has 0 aromatic heterocycles. The summed E-state index contributed by atoms with van der Waals surface area (Å²) >= 11 is 0. The molecule has 0 radical (unpaired) electrons. The third-order valence-electron chi connectivity index (χ3n) is 2.69. The summed E-state index contributed by atoms with van der Waals surface area (Å²) in [7, 11) is -3.35. The maximum atomic E-state index is 13.5. The topological polar surface area (TPSA) is 78.4 Å². The molecule has 1 unspecified atom stereocenters. The summed E-state index contributed by atoms with van der Waals surface area (Å²) < 4.78 is 51.0. The molecule has 0 aliphatic rings. The van der Waals surface area contributed by atoms with Crippen LogP contribution in [0, 0.1) is 11.6 Å². The minimum absolute atomic E-state index is 0.0113. The number of halogens is 2. The van der Waals surface area contributed by atoms with Crippen LogP contribution in [0.3, 0.4) is 0 Å². The van der Waals surface area contributed by atoms with Crippen molar-refractivity contribution in [2.24, 2.45) is 0 Å². The van der Waals surface area contributed by atoms with Crippen LogP contribution in [-0.4, -0.2) is 38.4 Å². The van der Waals surface area contributed by atoms with Gasteiger partial charge in [-0.05, 0) is 19.9 Å². The second-order valence-electron chi connectivity index (χ2n) is 5.57. The van der Waals surface area contributed by atoms with Crippen molar-refractivity contribution in [3.8, 4) is 0 Å². The predicted molar refractivity (Wildman–Crippen MR) is 76.2 cm³/mol. The fourth-order valence-corrected chi connectivity index (χ4v) is 3.02. The van der Waals surface area contributed by atoms with Gasteiger partial charge in [0.2, 0.25) is 10.0 Å². The van der Waals surface area contributed by atoms with Crippen LogP contribution < -0.4 is 10.0 Å². The van der Waals surface area contributed by atoms with E-state index in [1.165, 1.54) is 6.07 Å². The molecule has 0 saturated carbocycles. The highest BCUT2D eigenvalue weighted by Gasteiger charge is 2.22. The Kier molecular flexibility index (Phi) is 5.80. The van der Waals surface area contributed by atoms with Gasteiger partial charge < -0.3 is 10.4 Å². The molecule has 0 fully saturated rings. The van der Waals surface area contributed by atoms with E-state index < -0.39 is 33.3 Å². The number of sulfonamides is 1. The van der Waals surface area contributed by atoms with Gasteiger partial charge in [-0.3, -0.25) is 0 Å². The zero-order chi connectivity index (χ0) is 16.3. The van der Waals surface area contributed by atoms with Crippen molar-refractivity contribution < 1.29 is 22.3 Å². The van der Waals surface area contributed by atoms with Gasteiger partial charge in [-0.1, -0.05) is 6.07 Å². The van der Waals surface area contributed by atoms with Crippen LogP contribution in [0.25, 0.3) is 0 Å². The predicted octanol–water partition coefficient (Wildman–Crippen LogP) is 0.916. The number of hydrogen-bond donors (Lipinski definition) is 3. The van der Waals surface area contributed by atoms with Crippen molar-refractivity contribution in [1.82, 2.24) is 10.0 Å². The smallest absolute Gasteiger partial charge is 0.209 e. The van der Waals surface area contributed by atoms with Crippen LogP contribution >= 0.6 is 0 Å². The molecular formula is C13H20F2N2O3S. The molecule has 0 saturated heterocycles. The molecule has 1 aromatic rings. The minimum Gasteiger partial charge on any atom is -0.387 e. The van der Waals surface area contributed by atoms with Gasteiger partial charge in [0.25, 0.3) is 0 Å². The monoisotopic (exact) mass is 322 g/mol. The van der Waals surface area contributed by atoms with E-state index in [1.807, 2.05) is 0 Å². The normalized spacial score (nSPS) is 14.2. The molecule has 0 bridgehead atoms. The van der Waals surface area contributed by atoms with Crippen LogP contribution in [0.1, 0.15) is 25.5 Å². The Balaban J connectivity index is 2.55. The van der Waals surface area contributed by atoms with Gasteiger partial charge >= 0.3 is 0 Å². The third-order valence-corrected chi connectivity index (χ3v) is 3.61. The summed E-state index contributed by atoms with van der Waals surface area (Å²) in [6.07, 6.45) is -0.100. The van der Waals surface area contributed by atoms with Gasteiger partial charge in [0.05, 0.1) is 12.4 Å². The lowest BCUT2D eigenvalue weighted by atomic mass is 10.1. The average Bonchev–Trinajstić information content (AvgIpc) is 2.24. The zero-order valence-electron chi connectivity index (χ0n) is 12.2. The lowest BCUT2D eigenvalue weighted by Gasteiger charge is -2.26. The molecule has 1 aromatic carbocycles. The maximum Gasteiger partial charge on any atom is 0.209 e. The van der Waals surface area contributed by atoms with E-state index in [2.05, 4.69) is 10.0 Å². The Hall–Kier alpha value is -1.09. The first-order valence-electron chi connectivity index (χ1n) is 6.33. The molecule has 0 heterocycles. The van der Waals surface area contributed by atoms with Crippen LogP contribution in [-0.2, 0) is 10.0 Å². The SMILES string of the molecule is CC(C)(CNCC(O)c1ccc(F)cc1F)NS(C)(=O)=O.